The van der Waals surface area contributed by atoms with E-state index in [0.29, 0.717) is 23.8 Å². The number of esters is 1. The van der Waals surface area contributed by atoms with Gasteiger partial charge in [0.05, 0.1) is 19.3 Å². The first-order chi connectivity index (χ1) is 12.2. The van der Waals surface area contributed by atoms with Gasteiger partial charge in [-0.1, -0.05) is 30.6 Å². The first-order valence-corrected chi connectivity index (χ1v) is 8.22. The van der Waals surface area contributed by atoms with E-state index in [1.165, 1.54) is 7.11 Å². The number of methoxy groups -OCH3 is 1. The third-order valence-corrected chi connectivity index (χ3v) is 4.06. The van der Waals surface area contributed by atoms with Gasteiger partial charge in [0.2, 0.25) is 5.95 Å². The number of anilines is 1. The summed E-state index contributed by atoms with van der Waals surface area (Å²) in [4.78, 5) is 12.4. The predicted octanol–water partition coefficient (Wildman–Crippen LogP) is 2.31. The van der Waals surface area contributed by atoms with Crippen LogP contribution in [0.3, 0.4) is 0 Å². The molecule has 1 aromatic carbocycles. The van der Waals surface area contributed by atoms with Crippen LogP contribution < -0.4 is 10.1 Å². The second-order valence-corrected chi connectivity index (χ2v) is 5.78. The van der Waals surface area contributed by atoms with Crippen LogP contribution in [0.4, 0.5) is 5.95 Å². The van der Waals surface area contributed by atoms with Crippen LogP contribution in [0, 0.1) is 0 Å². The van der Waals surface area contributed by atoms with Crippen LogP contribution in [0.1, 0.15) is 38.3 Å². The fourth-order valence-corrected chi connectivity index (χ4v) is 2.80. The van der Waals surface area contributed by atoms with Crippen LogP contribution in [-0.4, -0.2) is 39.9 Å². The van der Waals surface area contributed by atoms with Crippen LogP contribution in [0.5, 0.6) is 5.75 Å². The molecule has 1 aliphatic heterocycles. The molecule has 2 aromatic rings. The van der Waals surface area contributed by atoms with Gasteiger partial charge >= 0.3 is 5.97 Å². The Morgan fingerprint density at radius 2 is 2.24 bits per heavy atom. The topological polar surface area (TPSA) is 91.2 Å². The minimum absolute atomic E-state index is 0.423. The molecule has 1 N–H and O–H groups in total. The second-order valence-electron chi connectivity index (χ2n) is 5.78. The molecule has 0 radical (unpaired) electrons. The Morgan fingerprint density at radius 1 is 1.40 bits per heavy atom. The fourth-order valence-electron chi connectivity index (χ4n) is 2.80. The highest BCUT2D eigenvalue weighted by molar-refractivity contribution is 5.92. The molecular formula is C17H21N5O3. The number of nitrogens with one attached hydrogen (secondary N) is 1. The summed E-state index contributed by atoms with van der Waals surface area (Å²) >= 11 is 0. The number of unbranched alkanes of at least 4 members (excludes halogenated alkanes) is 1. The van der Waals surface area contributed by atoms with E-state index >= 15 is 0 Å². The summed E-state index contributed by atoms with van der Waals surface area (Å²) in [5.74, 6) is 0.807. The second kappa shape index (κ2) is 7.33. The van der Waals surface area contributed by atoms with Gasteiger partial charge in [-0.2, -0.15) is 4.68 Å². The lowest BCUT2D eigenvalue weighted by Crippen LogP contribution is -2.29. The molecule has 132 valence electrons. The highest BCUT2D eigenvalue weighted by Crippen LogP contribution is 2.35. The molecule has 0 aliphatic carbocycles. The number of aromatic nitrogens is 4. The van der Waals surface area contributed by atoms with Crippen molar-refractivity contribution < 1.29 is 14.3 Å². The van der Waals surface area contributed by atoms with Crippen molar-refractivity contribution in [3.63, 3.8) is 0 Å². The zero-order valence-electron chi connectivity index (χ0n) is 14.5. The zero-order chi connectivity index (χ0) is 17.8. The van der Waals surface area contributed by atoms with E-state index in [0.717, 1.165) is 24.2 Å². The number of tetrazole rings is 1. The largest absolute Gasteiger partial charge is 0.494 e. The van der Waals surface area contributed by atoms with Crippen molar-refractivity contribution >= 4 is 11.9 Å². The van der Waals surface area contributed by atoms with E-state index in [2.05, 4.69) is 27.8 Å². The summed E-state index contributed by atoms with van der Waals surface area (Å²) in [5.41, 5.74) is 1.98. The number of hydrogen-bond donors (Lipinski definition) is 1. The molecule has 0 bridgehead atoms. The molecule has 8 heteroatoms. The summed E-state index contributed by atoms with van der Waals surface area (Å²) in [6, 6.07) is 7.15. The van der Waals surface area contributed by atoms with Crippen LogP contribution in [0.15, 0.2) is 35.5 Å². The highest BCUT2D eigenvalue weighted by Gasteiger charge is 2.34. The van der Waals surface area contributed by atoms with E-state index in [9.17, 15) is 4.79 Å². The summed E-state index contributed by atoms with van der Waals surface area (Å²) in [6.07, 6.45) is 2.05. The lowest BCUT2D eigenvalue weighted by molar-refractivity contribution is -0.136. The number of hydrogen-bond acceptors (Lipinski definition) is 7. The van der Waals surface area contributed by atoms with E-state index in [1.807, 2.05) is 24.3 Å². The molecule has 0 fully saturated rings. The number of fused-ring (bicyclic) bond motifs is 1. The van der Waals surface area contributed by atoms with Gasteiger partial charge in [0, 0.05) is 5.70 Å². The Balaban J connectivity index is 2.01. The van der Waals surface area contributed by atoms with E-state index in [1.54, 1.807) is 11.6 Å². The van der Waals surface area contributed by atoms with Gasteiger partial charge < -0.3 is 14.8 Å². The Kier molecular flexibility index (Phi) is 4.97. The van der Waals surface area contributed by atoms with Crippen LogP contribution in [-0.2, 0) is 9.53 Å². The quantitative estimate of drug-likeness (QED) is 0.635. The molecule has 1 aromatic heterocycles. The zero-order valence-corrected chi connectivity index (χ0v) is 14.5. The van der Waals surface area contributed by atoms with E-state index in [4.69, 9.17) is 9.47 Å². The van der Waals surface area contributed by atoms with E-state index in [-0.39, 0.29) is 0 Å². The smallest absolute Gasteiger partial charge is 0.338 e. The molecule has 2 heterocycles. The van der Waals surface area contributed by atoms with Gasteiger partial charge in [-0.15, -0.1) is 0 Å². The Bertz CT molecular complexity index is 799. The number of carbonyl (C=O) groups is 1. The van der Waals surface area contributed by atoms with Gasteiger partial charge in [-0.25, -0.2) is 4.79 Å². The minimum atomic E-state index is -0.478. The first kappa shape index (κ1) is 16.9. The molecular weight excluding hydrogens is 322 g/mol. The van der Waals surface area contributed by atoms with Crippen LogP contribution in [0.25, 0.3) is 0 Å². The number of carbonyl (C=O) groups excluding carboxylic acids is 1. The molecule has 0 saturated carbocycles. The molecule has 1 unspecified atom stereocenters. The average molecular weight is 343 g/mol. The molecule has 0 amide bonds. The highest BCUT2D eigenvalue weighted by atomic mass is 16.5. The van der Waals surface area contributed by atoms with Crippen molar-refractivity contribution in [2.75, 3.05) is 19.0 Å². The first-order valence-electron chi connectivity index (χ1n) is 8.22. The minimum Gasteiger partial charge on any atom is -0.494 e. The van der Waals surface area contributed by atoms with Gasteiger partial charge in [-0.3, -0.25) is 0 Å². The van der Waals surface area contributed by atoms with Crippen LogP contribution >= 0.6 is 0 Å². The molecule has 3 rings (SSSR count). The van der Waals surface area contributed by atoms with Crippen molar-refractivity contribution in [1.29, 1.82) is 0 Å². The number of allylic oxidation sites excluding steroid dienone is 1. The van der Waals surface area contributed by atoms with Crippen molar-refractivity contribution in [2.24, 2.45) is 0 Å². The van der Waals surface area contributed by atoms with Crippen molar-refractivity contribution in [1.82, 2.24) is 20.2 Å². The number of benzene rings is 1. The molecule has 1 aliphatic rings. The normalized spacial score (nSPS) is 16.2. The Hall–Kier alpha value is -2.90. The molecule has 0 spiro atoms. The van der Waals surface area contributed by atoms with Crippen molar-refractivity contribution in [3.05, 3.63) is 41.1 Å². The van der Waals surface area contributed by atoms with Gasteiger partial charge in [-0.05, 0) is 41.5 Å². The molecule has 25 heavy (non-hydrogen) atoms. The van der Waals surface area contributed by atoms with Crippen molar-refractivity contribution in [3.8, 4) is 5.75 Å². The molecule has 1 atom stereocenters. The van der Waals surface area contributed by atoms with Gasteiger partial charge in [0.25, 0.3) is 0 Å². The summed E-state index contributed by atoms with van der Waals surface area (Å²) in [6.45, 7) is 4.57. The monoisotopic (exact) mass is 343 g/mol. The maximum absolute atomic E-state index is 12.4. The Labute approximate surface area is 145 Å². The van der Waals surface area contributed by atoms with Crippen LogP contribution in [0.2, 0.25) is 0 Å². The van der Waals surface area contributed by atoms with Crippen molar-refractivity contribution in [2.45, 2.75) is 32.7 Å². The number of ether oxygens (including phenoxy) is 2. The SMILES string of the molecule is CCCCOc1cccc(C2C(C(=O)OC)=C(C)Nc3nnnn32)c1. The summed E-state index contributed by atoms with van der Waals surface area (Å²) in [5, 5.41) is 14.7. The number of nitrogens with zero attached hydrogens (tertiary/aromatic N) is 4. The Morgan fingerprint density at radius 3 is 3.00 bits per heavy atom. The molecule has 8 nitrogen and oxygen atoms in total. The van der Waals surface area contributed by atoms with E-state index < -0.39 is 12.0 Å². The summed E-state index contributed by atoms with van der Waals surface area (Å²) in [7, 11) is 1.36. The standard InChI is InChI=1S/C17H21N5O3/c1-4-5-9-25-13-8-6-7-12(10-13)15-14(16(23)24-3)11(2)18-17-19-20-21-22(15)17/h6-8,10,15H,4-5,9H2,1-3H3,(H,18,19,21). The lowest BCUT2D eigenvalue weighted by atomic mass is 9.95. The molecule has 0 saturated heterocycles. The van der Waals surface area contributed by atoms with Gasteiger partial charge in [0.1, 0.15) is 11.8 Å². The maximum atomic E-state index is 12.4. The lowest BCUT2D eigenvalue weighted by Gasteiger charge is -2.27. The van der Waals surface area contributed by atoms with Gasteiger partial charge in [0.15, 0.2) is 0 Å². The number of rotatable bonds is 6. The summed E-state index contributed by atoms with van der Waals surface area (Å²) < 4.78 is 12.3. The maximum Gasteiger partial charge on any atom is 0.338 e. The third-order valence-electron chi connectivity index (χ3n) is 4.06. The predicted molar refractivity (Wildman–Crippen MR) is 91.1 cm³/mol. The fraction of sp³-hybridized carbons (Fsp3) is 0.412. The third kappa shape index (κ3) is 3.33. The average Bonchev–Trinajstić information content (AvgIpc) is 3.08.